The molecule has 0 unspecified atom stereocenters. The molecule has 1 amide bonds. The summed E-state index contributed by atoms with van der Waals surface area (Å²) in [7, 11) is 0. The van der Waals surface area contributed by atoms with Crippen LogP contribution >= 0.6 is 11.8 Å². The molecule has 1 aromatic heterocycles. The molecule has 0 radical (unpaired) electrons. The summed E-state index contributed by atoms with van der Waals surface area (Å²) >= 11 is 1.61. The molecule has 122 valence electrons. The Balaban J connectivity index is 2.04. The summed E-state index contributed by atoms with van der Waals surface area (Å²) in [5.41, 5.74) is 1.00. The number of anilines is 1. The normalized spacial score (nSPS) is 17.0. The third kappa shape index (κ3) is 3.91. The third-order valence-corrected chi connectivity index (χ3v) is 4.90. The maximum Gasteiger partial charge on any atom is 0.235 e. The van der Waals surface area contributed by atoms with Crippen LogP contribution in [-0.2, 0) is 4.79 Å². The number of rotatable bonds is 4. The average molecular weight is 322 g/mol. The summed E-state index contributed by atoms with van der Waals surface area (Å²) < 4.78 is 0. The fourth-order valence-corrected chi connectivity index (χ4v) is 2.86. The van der Waals surface area contributed by atoms with E-state index in [0.717, 1.165) is 43.5 Å². The predicted molar refractivity (Wildman–Crippen MR) is 92.6 cm³/mol. The lowest BCUT2D eigenvalue weighted by Crippen LogP contribution is -2.51. The molecule has 1 saturated heterocycles. The van der Waals surface area contributed by atoms with Crippen molar-refractivity contribution in [1.82, 2.24) is 14.9 Å². The molecular formula is C16H26N4OS. The molecule has 1 aromatic rings. The van der Waals surface area contributed by atoms with Gasteiger partial charge in [0.05, 0.1) is 5.25 Å². The van der Waals surface area contributed by atoms with Crippen molar-refractivity contribution >= 4 is 23.5 Å². The van der Waals surface area contributed by atoms with Crippen molar-refractivity contribution in [2.75, 3.05) is 37.3 Å². The Hall–Kier alpha value is -1.30. The molecule has 2 heterocycles. The van der Waals surface area contributed by atoms with Crippen molar-refractivity contribution in [3.63, 3.8) is 0 Å². The van der Waals surface area contributed by atoms with E-state index in [4.69, 9.17) is 0 Å². The molecule has 1 fully saturated rings. The van der Waals surface area contributed by atoms with Gasteiger partial charge < -0.3 is 9.80 Å². The van der Waals surface area contributed by atoms with E-state index in [9.17, 15) is 4.79 Å². The highest BCUT2D eigenvalue weighted by atomic mass is 32.2. The standard InChI is InChI=1S/C16H26N4OS/c1-11(2)15-17-12(3)10-14(18-15)19-6-8-20(9-7-19)16(21)13(4)22-5/h10-11,13H,6-9H2,1-5H3/t13-/m0/s1. The number of carbonyl (C=O) groups is 1. The quantitative estimate of drug-likeness (QED) is 0.851. The highest BCUT2D eigenvalue weighted by Gasteiger charge is 2.25. The molecule has 1 atom stereocenters. The summed E-state index contributed by atoms with van der Waals surface area (Å²) in [5, 5.41) is 0.0420. The van der Waals surface area contributed by atoms with Crippen LogP contribution in [0.25, 0.3) is 0 Å². The van der Waals surface area contributed by atoms with Crippen molar-refractivity contribution in [3.05, 3.63) is 17.6 Å². The molecule has 1 aliphatic heterocycles. The third-order valence-electron chi connectivity index (χ3n) is 3.99. The number of thioether (sulfide) groups is 1. The van der Waals surface area contributed by atoms with E-state index < -0.39 is 0 Å². The number of amides is 1. The van der Waals surface area contributed by atoms with Gasteiger partial charge in [-0.3, -0.25) is 4.79 Å². The number of piperazine rings is 1. The average Bonchev–Trinajstić information content (AvgIpc) is 2.53. The molecule has 0 spiro atoms. The Labute approximate surface area is 137 Å². The number of nitrogens with zero attached hydrogens (tertiary/aromatic N) is 4. The van der Waals surface area contributed by atoms with Crippen LogP contribution in [0.5, 0.6) is 0 Å². The van der Waals surface area contributed by atoms with Crippen LogP contribution in [0.2, 0.25) is 0 Å². The number of aromatic nitrogens is 2. The van der Waals surface area contributed by atoms with Gasteiger partial charge in [0, 0.05) is 43.9 Å². The lowest BCUT2D eigenvalue weighted by molar-refractivity contribution is -0.130. The van der Waals surface area contributed by atoms with E-state index >= 15 is 0 Å². The summed E-state index contributed by atoms with van der Waals surface area (Å²) in [5.74, 6) is 2.45. The largest absolute Gasteiger partial charge is 0.353 e. The molecule has 0 N–H and O–H groups in total. The number of carbonyl (C=O) groups excluding carboxylic acids is 1. The highest BCUT2D eigenvalue weighted by molar-refractivity contribution is 7.99. The van der Waals surface area contributed by atoms with E-state index in [0.29, 0.717) is 5.92 Å². The maximum absolute atomic E-state index is 12.2. The molecule has 5 nitrogen and oxygen atoms in total. The molecule has 0 bridgehead atoms. The minimum absolute atomic E-state index is 0.0420. The first-order valence-electron chi connectivity index (χ1n) is 7.84. The van der Waals surface area contributed by atoms with Crippen LogP contribution in [0.1, 0.15) is 38.2 Å². The lowest BCUT2D eigenvalue weighted by atomic mass is 10.2. The van der Waals surface area contributed by atoms with Gasteiger partial charge in [0.15, 0.2) is 0 Å². The van der Waals surface area contributed by atoms with Crippen LogP contribution in [-0.4, -0.2) is 58.5 Å². The monoisotopic (exact) mass is 322 g/mol. The van der Waals surface area contributed by atoms with Crippen LogP contribution in [0, 0.1) is 6.92 Å². The maximum atomic E-state index is 12.2. The SMILES string of the molecule is CS[C@@H](C)C(=O)N1CCN(c2cc(C)nc(C(C)C)n2)CC1. The zero-order valence-electron chi connectivity index (χ0n) is 14.2. The smallest absolute Gasteiger partial charge is 0.235 e. The van der Waals surface area contributed by atoms with Crippen molar-refractivity contribution in [2.24, 2.45) is 0 Å². The van der Waals surface area contributed by atoms with Gasteiger partial charge in [-0.05, 0) is 20.1 Å². The van der Waals surface area contributed by atoms with Gasteiger partial charge in [0.2, 0.25) is 5.91 Å². The minimum Gasteiger partial charge on any atom is -0.353 e. The summed E-state index contributed by atoms with van der Waals surface area (Å²) in [6.45, 7) is 11.4. The Bertz CT molecular complexity index is 527. The number of hydrogen-bond donors (Lipinski definition) is 0. The lowest BCUT2D eigenvalue weighted by Gasteiger charge is -2.36. The molecule has 0 saturated carbocycles. The molecule has 2 rings (SSSR count). The van der Waals surface area contributed by atoms with Crippen molar-refractivity contribution in [3.8, 4) is 0 Å². The Morgan fingerprint density at radius 2 is 1.82 bits per heavy atom. The van der Waals surface area contributed by atoms with E-state index in [2.05, 4.69) is 28.7 Å². The minimum atomic E-state index is 0.0420. The Morgan fingerprint density at radius 3 is 2.36 bits per heavy atom. The van der Waals surface area contributed by atoms with Crippen molar-refractivity contribution < 1.29 is 4.79 Å². The van der Waals surface area contributed by atoms with Gasteiger partial charge >= 0.3 is 0 Å². The Kier molecular flexibility index (Phi) is 5.67. The summed E-state index contributed by atoms with van der Waals surface area (Å²) in [6, 6.07) is 2.04. The second-order valence-corrected chi connectivity index (χ2v) is 7.25. The van der Waals surface area contributed by atoms with Gasteiger partial charge in [-0.2, -0.15) is 11.8 Å². The van der Waals surface area contributed by atoms with Crippen LogP contribution in [0.3, 0.4) is 0 Å². The van der Waals surface area contributed by atoms with Crippen molar-refractivity contribution in [2.45, 2.75) is 38.9 Å². The fraction of sp³-hybridized carbons (Fsp3) is 0.688. The van der Waals surface area contributed by atoms with E-state index in [1.54, 1.807) is 11.8 Å². The predicted octanol–water partition coefficient (Wildman–Crippen LogP) is 2.31. The summed E-state index contributed by atoms with van der Waals surface area (Å²) in [4.78, 5) is 25.6. The molecule has 0 aliphatic carbocycles. The fourth-order valence-electron chi connectivity index (χ4n) is 2.51. The van der Waals surface area contributed by atoms with E-state index in [-0.39, 0.29) is 11.2 Å². The van der Waals surface area contributed by atoms with Gasteiger partial charge in [-0.15, -0.1) is 0 Å². The first kappa shape index (κ1) is 17.1. The van der Waals surface area contributed by atoms with E-state index in [1.165, 1.54) is 0 Å². The summed E-state index contributed by atoms with van der Waals surface area (Å²) in [6.07, 6.45) is 1.98. The zero-order chi connectivity index (χ0) is 16.3. The van der Waals surface area contributed by atoms with Gasteiger partial charge in [0.1, 0.15) is 11.6 Å². The van der Waals surface area contributed by atoms with Gasteiger partial charge in [-0.1, -0.05) is 13.8 Å². The van der Waals surface area contributed by atoms with Gasteiger partial charge in [-0.25, -0.2) is 9.97 Å². The highest BCUT2D eigenvalue weighted by Crippen LogP contribution is 2.19. The second kappa shape index (κ2) is 7.31. The first-order chi connectivity index (χ1) is 10.4. The molecule has 6 heteroatoms. The first-order valence-corrected chi connectivity index (χ1v) is 9.13. The topological polar surface area (TPSA) is 49.3 Å². The van der Waals surface area contributed by atoms with Crippen LogP contribution in [0.15, 0.2) is 6.07 Å². The van der Waals surface area contributed by atoms with Gasteiger partial charge in [0.25, 0.3) is 0 Å². The molecule has 1 aliphatic rings. The Morgan fingerprint density at radius 1 is 1.18 bits per heavy atom. The number of hydrogen-bond acceptors (Lipinski definition) is 5. The molecule has 22 heavy (non-hydrogen) atoms. The second-order valence-electron chi connectivity index (χ2n) is 6.07. The van der Waals surface area contributed by atoms with Crippen LogP contribution < -0.4 is 4.90 Å². The van der Waals surface area contributed by atoms with Crippen LogP contribution in [0.4, 0.5) is 5.82 Å². The molecule has 0 aromatic carbocycles. The zero-order valence-corrected chi connectivity index (χ0v) is 15.0. The van der Waals surface area contributed by atoms with Crippen molar-refractivity contribution in [1.29, 1.82) is 0 Å². The number of aryl methyl sites for hydroxylation is 1. The van der Waals surface area contributed by atoms with E-state index in [1.807, 2.05) is 31.1 Å². The molecular weight excluding hydrogens is 296 g/mol.